The van der Waals surface area contributed by atoms with Crippen LogP contribution in [0.25, 0.3) is 0 Å². The molecule has 6 nitrogen and oxygen atoms in total. The molecule has 1 unspecified atom stereocenters. The zero-order valence-corrected chi connectivity index (χ0v) is 12.3. The molecule has 0 bridgehead atoms. The van der Waals surface area contributed by atoms with Gasteiger partial charge in [-0.3, -0.25) is 4.79 Å². The molecule has 1 fully saturated rings. The van der Waals surface area contributed by atoms with E-state index in [0.717, 1.165) is 19.4 Å². The standard InChI is InChI=1S/C14H22N4O2/c1-14(2,3)18-12-7-11(16-9-17-12)13(19)15-8-10-5-4-6-20-10/h7,9-10H,4-6,8H2,1-3H3,(H,15,19)(H,16,17,18). The fourth-order valence-electron chi connectivity index (χ4n) is 2.04. The number of aromatic nitrogens is 2. The maximum atomic E-state index is 12.0. The van der Waals surface area contributed by atoms with Gasteiger partial charge in [0.1, 0.15) is 17.8 Å². The van der Waals surface area contributed by atoms with Gasteiger partial charge in [0.05, 0.1) is 6.10 Å². The van der Waals surface area contributed by atoms with Crippen molar-refractivity contribution in [3.8, 4) is 0 Å². The number of nitrogens with one attached hydrogen (secondary N) is 2. The van der Waals surface area contributed by atoms with E-state index in [9.17, 15) is 4.79 Å². The minimum absolute atomic E-state index is 0.111. The quantitative estimate of drug-likeness (QED) is 0.875. The van der Waals surface area contributed by atoms with Gasteiger partial charge in [0.25, 0.3) is 5.91 Å². The molecule has 2 rings (SSSR count). The number of hydrogen-bond donors (Lipinski definition) is 2. The van der Waals surface area contributed by atoms with Crippen molar-refractivity contribution in [1.29, 1.82) is 0 Å². The highest BCUT2D eigenvalue weighted by Gasteiger charge is 2.18. The van der Waals surface area contributed by atoms with Crippen molar-refractivity contribution in [1.82, 2.24) is 15.3 Å². The number of nitrogens with zero attached hydrogens (tertiary/aromatic N) is 2. The van der Waals surface area contributed by atoms with Gasteiger partial charge < -0.3 is 15.4 Å². The van der Waals surface area contributed by atoms with E-state index in [1.54, 1.807) is 6.07 Å². The summed E-state index contributed by atoms with van der Waals surface area (Å²) < 4.78 is 5.47. The van der Waals surface area contributed by atoms with E-state index < -0.39 is 0 Å². The SMILES string of the molecule is CC(C)(C)Nc1cc(C(=O)NCC2CCCO2)ncn1. The van der Waals surface area contributed by atoms with Crippen LogP contribution in [0.1, 0.15) is 44.1 Å². The Morgan fingerprint density at radius 2 is 2.25 bits per heavy atom. The molecule has 0 aliphatic carbocycles. The molecule has 1 atom stereocenters. The molecule has 1 aromatic rings. The summed E-state index contributed by atoms with van der Waals surface area (Å²) >= 11 is 0. The van der Waals surface area contributed by atoms with Crippen molar-refractivity contribution in [3.63, 3.8) is 0 Å². The van der Waals surface area contributed by atoms with Gasteiger partial charge in [-0.05, 0) is 33.6 Å². The molecule has 1 aliphatic heterocycles. The Hall–Kier alpha value is -1.69. The molecule has 0 aromatic carbocycles. The Bertz CT molecular complexity index is 464. The van der Waals surface area contributed by atoms with E-state index >= 15 is 0 Å². The molecule has 2 N–H and O–H groups in total. The number of rotatable bonds is 4. The molecule has 110 valence electrons. The summed E-state index contributed by atoms with van der Waals surface area (Å²) in [7, 11) is 0. The van der Waals surface area contributed by atoms with Crippen molar-refractivity contribution in [3.05, 3.63) is 18.1 Å². The molecular formula is C14H22N4O2. The third kappa shape index (κ3) is 4.45. The predicted octanol–water partition coefficient (Wildman–Crippen LogP) is 1.60. The lowest BCUT2D eigenvalue weighted by molar-refractivity contribution is 0.0853. The molecular weight excluding hydrogens is 256 g/mol. The maximum absolute atomic E-state index is 12.0. The van der Waals surface area contributed by atoms with Crippen LogP contribution in [0.3, 0.4) is 0 Å². The summed E-state index contributed by atoms with van der Waals surface area (Å²) in [5.74, 6) is 0.453. The van der Waals surface area contributed by atoms with Gasteiger partial charge in [-0.15, -0.1) is 0 Å². The molecule has 0 saturated carbocycles. The lowest BCUT2D eigenvalue weighted by Gasteiger charge is -2.21. The number of carbonyl (C=O) groups is 1. The molecule has 0 radical (unpaired) electrons. The average molecular weight is 278 g/mol. The molecule has 1 aliphatic rings. The van der Waals surface area contributed by atoms with Gasteiger partial charge in [-0.2, -0.15) is 0 Å². The van der Waals surface area contributed by atoms with Gasteiger partial charge in [0.2, 0.25) is 0 Å². The van der Waals surface area contributed by atoms with E-state index in [0.29, 0.717) is 18.1 Å². The zero-order chi connectivity index (χ0) is 14.6. The van der Waals surface area contributed by atoms with Crippen LogP contribution in [-0.4, -0.2) is 40.7 Å². The van der Waals surface area contributed by atoms with Gasteiger partial charge in [-0.25, -0.2) is 9.97 Å². The van der Waals surface area contributed by atoms with E-state index in [2.05, 4.69) is 20.6 Å². The monoisotopic (exact) mass is 278 g/mol. The highest BCUT2D eigenvalue weighted by atomic mass is 16.5. The van der Waals surface area contributed by atoms with Gasteiger partial charge >= 0.3 is 0 Å². The fraction of sp³-hybridized carbons (Fsp3) is 0.643. The predicted molar refractivity (Wildman–Crippen MR) is 76.7 cm³/mol. The molecule has 0 spiro atoms. The number of hydrogen-bond acceptors (Lipinski definition) is 5. The summed E-state index contributed by atoms with van der Waals surface area (Å²) in [6, 6.07) is 1.66. The van der Waals surface area contributed by atoms with Crippen LogP contribution in [0.4, 0.5) is 5.82 Å². The number of anilines is 1. The number of carbonyl (C=O) groups excluding carboxylic acids is 1. The van der Waals surface area contributed by atoms with Crippen LogP contribution in [-0.2, 0) is 4.74 Å². The van der Waals surface area contributed by atoms with Gasteiger partial charge in [0, 0.05) is 24.8 Å². The van der Waals surface area contributed by atoms with Crippen molar-refractivity contribution < 1.29 is 9.53 Å². The van der Waals surface area contributed by atoms with Gasteiger partial charge in [0.15, 0.2) is 0 Å². The van der Waals surface area contributed by atoms with Crippen LogP contribution in [0.15, 0.2) is 12.4 Å². The van der Waals surface area contributed by atoms with Crippen LogP contribution in [0, 0.1) is 0 Å². The smallest absolute Gasteiger partial charge is 0.270 e. The summed E-state index contributed by atoms with van der Waals surface area (Å²) in [6.07, 6.45) is 3.59. The Balaban J connectivity index is 1.93. The van der Waals surface area contributed by atoms with Crippen molar-refractivity contribution in [2.75, 3.05) is 18.5 Å². The van der Waals surface area contributed by atoms with Crippen LogP contribution >= 0.6 is 0 Å². The number of amides is 1. The normalized spacial score (nSPS) is 18.9. The Kier molecular flexibility index (Phi) is 4.54. The first kappa shape index (κ1) is 14.7. The highest BCUT2D eigenvalue weighted by molar-refractivity contribution is 5.92. The van der Waals surface area contributed by atoms with Crippen molar-refractivity contribution in [2.24, 2.45) is 0 Å². The fourth-order valence-corrected chi connectivity index (χ4v) is 2.04. The second-order valence-electron chi connectivity index (χ2n) is 6.01. The highest BCUT2D eigenvalue weighted by Crippen LogP contribution is 2.13. The minimum Gasteiger partial charge on any atom is -0.376 e. The Morgan fingerprint density at radius 3 is 2.90 bits per heavy atom. The third-order valence-electron chi connectivity index (χ3n) is 2.92. The largest absolute Gasteiger partial charge is 0.376 e. The zero-order valence-electron chi connectivity index (χ0n) is 12.3. The van der Waals surface area contributed by atoms with Crippen LogP contribution in [0.5, 0.6) is 0 Å². The topological polar surface area (TPSA) is 76.1 Å². The Morgan fingerprint density at radius 1 is 1.45 bits per heavy atom. The van der Waals surface area contributed by atoms with Crippen molar-refractivity contribution in [2.45, 2.75) is 45.3 Å². The summed E-state index contributed by atoms with van der Waals surface area (Å²) in [5.41, 5.74) is 0.254. The first-order chi connectivity index (χ1) is 9.44. The first-order valence-corrected chi connectivity index (χ1v) is 6.94. The Labute approximate surface area is 119 Å². The van der Waals surface area contributed by atoms with E-state index in [1.807, 2.05) is 20.8 Å². The molecule has 1 aromatic heterocycles. The maximum Gasteiger partial charge on any atom is 0.270 e. The van der Waals surface area contributed by atoms with E-state index in [4.69, 9.17) is 4.74 Å². The third-order valence-corrected chi connectivity index (χ3v) is 2.92. The summed E-state index contributed by atoms with van der Waals surface area (Å²) in [6.45, 7) is 7.42. The second-order valence-corrected chi connectivity index (χ2v) is 6.01. The summed E-state index contributed by atoms with van der Waals surface area (Å²) in [4.78, 5) is 20.2. The molecule has 1 saturated heterocycles. The van der Waals surface area contributed by atoms with E-state index in [-0.39, 0.29) is 17.6 Å². The lowest BCUT2D eigenvalue weighted by Crippen LogP contribution is -2.32. The first-order valence-electron chi connectivity index (χ1n) is 6.94. The van der Waals surface area contributed by atoms with Crippen molar-refractivity contribution >= 4 is 11.7 Å². The van der Waals surface area contributed by atoms with E-state index in [1.165, 1.54) is 6.33 Å². The molecule has 20 heavy (non-hydrogen) atoms. The second kappa shape index (κ2) is 6.17. The van der Waals surface area contributed by atoms with Crippen LogP contribution < -0.4 is 10.6 Å². The van der Waals surface area contributed by atoms with Gasteiger partial charge in [-0.1, -0.05) is 0 Å². The van der Waals surface area contributed by atoms with Crippen LogP contribution in [0.2, 0.25) is 0 Å². The molecule has 1 amide bonds. The lowest BCUT2D eigenvalue weighted by atomic mass is 10.1. The minimum atomic E-state index is -0.195. The number of ether oxygens (including phenoxy) is 1. The molecule has 6 heteroatoms. The summed E-state index contributed by atoms with van der Waals surface area (Å²) in [5, 5.41) is 6.07. The molecule has 2 heterocycles. The average Bonchev–Trinajstić information content (AvgIpc) is 2.87.